The first-order valence-electron chi connectivity index (χ1n) is 3.63. The van der Waals surface area contributed by atoms with Crippen LogP contribution < -0.4 is 0 Å². The molecule has 0 aliphatic carbocycles. The first-order chi connectivity index (χ1) is 6.29. The largest absolute Gasteiger partial charge is 0.380 e. The van der Waals surface area contributed by atoms with E-state index >= 15 is 0 Å². The van der Waals surface area contributed by atoms with Gasteiger partial charge in [-0.05, 0) is 34.7 Å². The third kappa shape index (κ3) is 2.62. The second-order valence-electron chi connectivity index (χ2n) is 2.37. The quantitative estimate of drug-likeness (QED) is 0.487. The predicted molar refractivity (Wildman–Crippen MR) is 57.7 cm³/mol. The predicted octanol–water partition coefficient (Wildman–Crippen LogP) is 2.40. The van der Waals surface area contributed by atoms with Crippen molar-refractivity contribution in [1.29, 1.82) is 0 Å². The fourth-order valence-corrected chi connectivity index (χ4v) is 1.63. The summed E-state index contributed by atoms with van der Waals surface area (Å²) in [5.41, 5.74) is 1.55. The number of hydrogen-bond acceptors (Lipinski definition) is 3. The lowest BCUT2D eigenvalue weighted by Gasteiger charge is -2.04. The Kier molecular flexibility index (Phi) is 4.08. The summed E-state index contributed by atoms with van der Waals surface area (Å²) in [6.07, 6.45) is 1.53. The Balaban J connectivity index is 3.16. The standard InChI is InChI=1S/C9H8INO2/c1-13-5-7-8(10)3-2-4-9(7)11-6-12/h2-4H,5H2,1H3. The molecule has 0 radical (unpaired) electrons. The first-order valence-corrected chi connectivity index (χ1v) is 4.71. The lowest BCUT2D eigenvalue weighted by molar-refractivity contribution is 0.184. The van der Waals surface area contributed by atoms with E-state index in [2.05, 4.69) is 27.6 Å². The van der Waals surface area contributed by atoms with E-state index in [1.807, 2.05) is 12.1 Å². The number of hydrogen-bond donors (Lipinski definition) is 0. The highest BCUT2D eigenvalue weighted by Crippen LogP contribution is 2.24. The van der Waals surface area contributed by atoms with Gasteiger partial charge in [-0.15, -0.1) is 0 Å². The summed E-state index contributed by atoms with van der Waals surface area (Å²) in [5.74, 6) is 0. The van der Waals surface area contributed by atoms with Gasteiger partial charge in [-0.25, -0.2) is 4.79 Å². The zero-order chi connectivity index (χ0) is 9.68. The molecule has 1 aromatic carbocycles. The van der Waals surface area contributed by atoms with Gasteiger partial charge in [0.2, 0.25) is 6.08 Å². The van der Waals surface area contributed by atoms with Gasteiger partial charge in [0, 0.05) is 16.2 Å². The van der Waals surface area contributed by atoms with E-state index in [9.17, 15) is 4.79 Å². The molecule has 0 N–H and O–H groups in total. The van der Waals surface area contributed by atoms with Crippen LogP contribution in [0.25, 0.3) is 0 Å². The number of ether oxygens (including phenoxy) is 1. The van der Waals surface area contributed by atoms with Crippen molar-refractivity contribution in [3.05, 3.63) is 27.3 Å². The first kappa shape index (κ1) is 10.4. The average Bonchev–Trinajstić information content (AvgIpc) is 2.11. The molecular formula is C9H8INO2. The topological polar surface area (TPSA) is 38.7 Å². The van der Waals surface area contributed by atoms with Gasteiger partial charge in [0.25, 0.3) is 0 Å². The monoisotopic (exact) mass is 289 g/mol. The number of carbonyl (C=O) groups excluding carboxylic acids is 1. The molecule has 0 saturated heterocycles. The molecule has 0 unspecified atom stereocenters. The number of nitrogens with zero attached hydrogens (tertiary/aromatic N) is 1. The average molecular weight is 289 g/mol. The summed E-state index contributed by atoms with van der Waals surface area (Å²) in [7, 11) is 1.61. The van der Waals surface area contributed by atoms with Crippen molar-refractivity contribution in [2.75, 3.05) is 7.11 Å². The molecule has 0 amide bonds. The molecule has 0 spiro atoms. The third-order valence-corrected chi connectivity index (χ3v) is 2.56. The minimum atomic E-state index is 0.458. The van der Waals surface area contributed by atoms with Gasteiger partial charge >= 0.3 is 0 Å². The molecule has 0 aromatic heterocycles. The van der Waals surface area contributed by atoms with Gasteiger partial charge in [0.1, 0.15) is 0 Å². The smallest absolute Gasteiger partial charge is 0.240 e. The second-order valence-corrected chi connectivity index (χ2v) is 3.54. The van der Waals surface area contributed by atoms with Crippen LogP contribution in [-0.2, 0) is 16.1 Å². The molecule has 1 rings (SSSR count). The van der Waals surface area contributed by atoms with Crippen molar-refractivity contribution in [1.82, 2.24) is 0 Å². The van der Waals surface area contributed by atoms with Gasteiger partial charge in [-0.3, -0.25) is 0 Å². The molecule has 1 aromatic rings. The van der Waals surface area contributed by atoms with Gasteiger partial charge in [0.15, 0.2) is 0 Å². The Bertz CT molecular complexity index is 345. The fourth-order valence-electron chi connectivity index (χ4n) is 0.988. The van der Waals surface area contributed by atoms with Crippen LogP contribution in [0, 0.1) is 3.57 Å². The summed E-state index contributed by atoms with van der Waals surface area (Å²) < 4.78 is 6.04. The normalized spacial score (nSPS) is 9.38. The number of benzene rings is 1. The Hall–Kier alpha value is -0.710. The molecule has 0 saturated carbocycles. The van der Waals surface area contributed by atoms with E-state index in [1.165, 1.54) is 6.08 Å². The Morgan fingerprint density at radius 2 is 2.38 bits per heavy atom. The van der Waals surface area contributed by atoms with Crippen LogP contribution in [0.3, 0.4) is 0 Å². The third-order valence-electron chi connectivity index (χ3n) is 1.55. The molecule has 68 valence electrons. The Morgan fingerprint density at radius 3 is 3.00 bits per heavy atom. The second kappa shape index (κ2) is 5.11. The minimum absolute atomic E-state index is 0.458. The highest BCUT2D eigenvalue weighted by atomic mass is 127. The maximum Gasteiger partial charge on any atom is 0.240 e. The zero-order valence-electron chi connectivity index (χ0n) is 7.08. The highest BCUT2D eigenvalue weighted by molar-refractivity contribution is 14.1. The summed E-state index contributed by atoms with van der Waals surface area (Å²) in [5, 5.41) is 0. The molecule has 0 aliphatic heterocycles. The lowest BCUT2D eigenvalue weighted by atomic mass is 10.2. The number of rotatable bonds is 3. The minimum Gasteiger partial charge on any atom is -0.380 e. The molecule has 13 heavy (non-hydrogen) atoms. The number of methoxy groups -OCH3 is 1. The maximum absolute atomic E-state index is 10.1. The molecular weight excluding hydrogens is 281 g/mol. The molecule has 0 aliphatic rings. The van der Waals surface area contributed by atoms with Gasteiger partial charge < -0.3 is 4.74 Å². The Labute approximate surface area is 90.0 Å². The van der Waals surface area contributed by atoms with E-state index in [0.717, 1.165) is 9.13 Å². The van der Waals surface area contributed by atoms with E-state index in [0.29, 0.717) is 12.3 Å². The molecule has 4 heteroatoms. The van der Waals surface area contributed by atoms with Crippen LogP contribution in [-0.4, -0.2) is 13.2 Å². The van der Waals surface area contributed by atoms with E-state index in [4.69, 9.17) is 4.74 Å². The van der Waals surface area contributed by atoms with Crippen molar-refractivity contribution >= 4 is 34.4 Å². The fraction of sp³-hybridized carbons (Fsp3) is 0.222. The molecule has 3 nitrogen and oxygen atoms in total. The van der Waals surface area contributed by atoms with Crippen LogP contribution in [0.1, 0.15) is 5.56 Å². The van der Waals surface area contributed by atoms with Crippen molar-refractivity contribution in [2.45, 2.75) is 6.61 Å². The van der Waals surface area contributed by atoms with E-state index in [-0.39, 0.29) is 0 Å². The van der Waals surface area contributed by atoms with E-state index < -0.39 is 0 Å². The Morgan fingerprint density at radius 1 is 1.62 bits per heavy atom. The van der Waals surface area contributed by atoms with Crippen LogP contribution in [0.5, 0.6) is 0 Å². The maximum atomic E-state index is 10.1. The molecule has 0 fully saturated rings. The van der Waals surface area contributed by atoms with Crippen LogP contribution in [0.4, 0.5) is 5.69 Å². The molecule has 0 atom stereocenters. The van der Waals surface area contributed by atoms with Crippen molar-refractivity contribution in [3.8, 4) is 0 Å². The lowest BCUT2D eigenvalue weighted by Crippen LogP contribution is -1.91. The van der Waals surface area contributed by atoms with Gasteiger partial charge in [-0.2, -0.15) is 4.99 Å². The van der Waals surface area contributed by atoms with Crippen molar-refractivity contribution in [2.24, 2.45) is 4.99 Å². The van der Waals surface area contributed by atoms with Crippen molar-refractivity contribution < 1.29 is 9.53 Å². The van der Waals surface area contributed by atoms with Crippen LogP contribution in [0.2, 0.25) is 0 Å². The number of isocyanates is 1. The van der Waals surface area contributed by atoms with Crippen molar-refractivity contribution in [3.63, 3.8) is 0 Å². The number of aliphatic imine (C=N–C) groups is 1. The summed E-state index contributed by atoms with van der Waals surface area (Å²) in [4.78, 5) is 13.7. The summed E-state index contributed by atoms with van der Waals surface area (Å²) in [6, 6.07) is 5.55. The van der Waals surface area contributed by atoms with Crippen LogP contribution >= 0.6 is 22.6 Å². The van der Waals surface area contributed by atoms with Crippen LogP contribution in [0.15, 0.2) is 23.2 Å². The summed E-state index contributed by atoms with van der Waals surface area (Å²) >= 11 is 2.18. The SMILES string of the molecule is COCc1c(I)cccc1N=C=O. The van der Waals surface area contributed by atoms with Gasteiger partial charge in [-0.1, -0.05) is 6.07 Å². The highest BCUT2D eigenvalue weighted by Gasteiger charge is 2.04. The molecule has 0 bridgehead atoms. The zero-order valence-corrected chi connectivity index (χ0v) is 9.24. The molecule has 0 heterocycles. The van der Waals surface area contributed by atoms with Gasteiger partial charge in [0.05, 0.1) is 12.3 Å². The van der Waals surface area contributed by atoms with E-state index in [1.54, 1.807) is 13.2 Å². The summed E-state index contributed by atoms with van der Waals surface area (Å²) in [6.45, 7) is 0.458. The number of halogens is 1.